The van der Waals surface area contributed by atoms with Gasteiger partial charge in [-0.1, -0.05) is 180 Å². The van der Waals surface area contributed by atoms with Crippen molar-refractivity contribution in [2.24, 2.45) is 23.7 Å². The van der Waals surface area contributed by atoms with Crippen molar-refractivity contribution in [3.05, 3.63) is 272 Å². The van der Waals surface area contributed by atoms with Gasteiger partial charge < -0.3 is 14.4 Å². The minimum Gasteiger partial charge on any atom is -0.493 e. The maximum atomic E-state index is 17.8. The van der Waals surface area contributed by atoms with E-state index in [1.54, 1.807) is 12.1 Å². The van der Waals surface area contributed by atoms with E-state index in [4.69, 9.17) is 4.98 Å². The second kappa shape index (κ2) is 19.0. The van der Waals surface area contributed by atoms with Gasteiger partial charge in [-0.2, -0.15) is 36.4 Å². The molecule has 0 spiro atoms. The van der Waals surface area contributed by atoms with Crippen LogP contribution in [-0.2, 0) is 32.4 Å². The Morgan fingerprint density at radius 1 is 0.500 bits per heavy atom. The number of para-hydroxylation sites is 4. The Morgan fingerprint density at radius 2 is 1.10 bits per heavy atom. The molecule has 0 atom stereocenters. The average molecular weight is 1220 g/mol. The monoisotopic (exact) mass is 1220 g/mol. The van der Waals surface area contributed by atoms with Crippen molar-refractivity contribution in [3.63, 3.8) is 0 Å². The Kier molecular flexibility index (Phi) is 11.6. The van der Waals surface area contributed by atoms with Crippen molar-refractivity contribution >= 4 is 66.1 Å². The molecule has 0 amide bonds. The summed E-state index contributed by atoms with van der Waals surface area (Å²) in [5.41, 5.74) is 11.0. The zero-order valence-corrected chi connectivity index (χ0v) is 46.0. The number of hydrogen-bond donors (Lipinski definition) is 0. The number of aromatic nitrogens is 2. The van der Waals surface area contributed by atoms with E-state index in [-0.39, 0.29) is 37.6 Å². The van der Waals surface area contributed by atoms with E-state index in [9.17, 15) is 0 Å². The Morgan fingerprint density at radius 3 is 1.84 bits per heavy atom. The van der Waals surface area contributed by atoms with Crippen LogP contribution in [0.5, 0.6) is 0 Å². The molecule has 4 saturated carbocycles. The average Bonchev–Trinajstić information content (AvgIpc) is 3.69. The van der Waals surface area contributed by atoms with Gasteiger partial charge in [0.1, 0.15) is 5.82 Å². The molecule has 12 aromatic rings. The molecule has 7 heteroatoms. The summed E-state index contributed by atoms with van der Waals surface area (Å²) < 4.78 is 37.7. The third-order valence-corrected chi connectivity index (χ3v) is 18.5. The van der Waals surface area contributed by atoms with Crippen molar-refractivity contribution in [1.82, 2.24) is 9.55 Å². The van der Waals surface area contributed by atoms with Crippen LogP contribution >= 0.6 is 0 Å². The van der Waals surface area contributed by atoms with E-state index in [0.717, 1.165) is 67.4 Å². The fourth-order valence-corrected chi connectivity index (χ4v) is 15.4. The van der Waals surface area contributed by atoms with Crippen LogP contribution in [0.4, 0.5) is 31.5 Å². The molecule has 10 aromatic carbocycles. The Hall–Kier alpha value is -8.18. The number of anilines is 4. The van der Waals surface area contributed by atoms with E-state index < -0.39 is 5.92 Å². The molecule has 17 rings (SSSR count). The summed E-state index contributed by atoms with van der Waals surface area (Å²) in [7, 11) is 0. The topological polar surface area (TPSA) is 24.3 Å². The molecule has 0 radical (unpaired) electrons. The molecule has 4 bridgehead atoms. The van der Waals surface area contributed by atoms with Gasteiger partial charge in [0.05, 0.1) is 0 Å². The van der Waals surface area contributed by atoms with Crippen LogP contribution in [0.15, 0.2) is 231 Å². The van der Waals surface area contributed by atoms with Gasteiger partial charge in [0.25, 0.3) is 5.92 Å². The number of fused-ring (bicyclic) bond motifs is 7. The predicted octanol–water partition coefficient (Wildman–Crippen LogP) is 18.7. The van der Waals surface area contributed by atoms with Crippen LogP contribution in [-0.4, -0.2) is 9.55 Å². The summed E-state index contributed by atoms with van der Waals surface area (Å²) in [6, 6.07) is 83.5. The van der Waals surface area contributed by atoms with Crippen LogP contribution in [0.1, 0.15) is 54.4 Å². The first-order valence-electron chi connectivity index (χ1n) is 27.9. The first-order valence-corrected chi connectivity index (χ1v) is 27.9. The normalized spacial score (nSPS) is 20.2. The van der Waals surface area contributed by atoms with E-state index in [0.29, 0.717) is 28.9 Å². The molecule has 4 aliphatic carbocycles. The van der Waals surface area contributed by atoms with E-state index in [1.807, 2.05) is 72.4 Å². The smallest absolute Gasteiger partial charge is 0.254 e. The summed E-state index contributed by atoms with van der Waals surface area (Å²) in [4.78, 5) is 9.33. The molecule has 0 unspecified atom stereocenters. The molecule has 2 aromatic heterocycles. The number of alkyl halides is 2. The van der Waals surface area contributed by atoms with Crippen molar-refractivity contribution in [2.75, 3.05) is 9.80 Å². The van der Waals surface area contributed by atoms with Crippen molar-refractivity contribution in [1.29, 1.82) is 0 Å². The van der Waals surface area contributed by atoms with E-state index >= 15 is 8.78 Å². The number of pyridine rings is 1. The molecule has 4 nitrogen and oxygen atoms in total. The summed E-state index contributed by atoms with van der Waals surface area (Å²) in [6.07, 6.45) is 8.17. The molecular formula is C73H53F2N4Pt-3. The zero-order chi connectivity index (χ0) is 52.4. The minimum atomic E-state index is -3.47. The van der Waals surface area contributed by atoms with Crippen LogP contribution in [0.3, 0.4) is 0 Å². The molecule has 0 N–H and O–H groups in total. The van der Waals surface area contributed by atoms with Gasteiger partial charge >= 0.3 is 0 Å². The van der Waals surface area contributed by atoms with Crippen LogP contribution in [0, 0.1) is 42.5 Å². The van der Waals surface area contributed by atoms with E-state index in [2.05, 4.69) is 173 Å². The molecule has 4 fully saturated rings. The third kappa shape index (κ3) is 7.44. The van der Waals surface area contributed by atoms with Gasteiger partial charge in [0, 0.05) is 66.4 Å². The first-order chi connectivity index (χ1) is 38.9. The van der Waals surface area contributed by atoms with Crippen molar-refractivity contribution in [3.8, 4) is 28.1 Å². The van der Waals surface area contributed by atoms with Gasteiger partial charge in [-0.3, -0.25) is 0 Å². The number of benzene rings is 10. The van der Waals surface area contributed by atoms with Crippen LogP contribution < -0.4 is 9.80 Å². The second-order valence-electron chi connectivity index (χ2n) is 22.6. The number of hydrogen-bond acceptors (Lipinski definition) is 3. The molecule has 5 aliphatic rings. The minimum absolute atomic E-state index is 0. The van der Waals surface area contributed by atoms with Gasteiger partial charge in [-0.25, -0.2) is 13.8 Å². The quantitative estimate of drug-likeness (QED) is 0.106. The van der Waals surface area contributed by atoms with Crippen molar-refractivity contribution < 1.29 is 29.8 Å². The van der Waals surface area contributed by atoms with Crippen molar-refractivity contribution in [2.45, 2.75) is 43.4 Å². The Balaban J connectivity index is 0.00000552. The van der Waals surface area contributed by atoms with Gasteiger partial charge in [0.2, 0.25) is 0 Å². The van der Waals surface area contributed by atoms with Gasteiger partial charge in [-0.15, -0.1) is 23.8 Å². The Bertz CT molecular complexity index is 4290. The maximum absolute atomic E-state index is 17.8. The van der Waals surface area contributed by atoms with Gasteiger partial charge in [-0.05, 0) is 135 Å². The predicted molar refractivity (Wildman–Crippen MR) is 317 cm³/mol. The molecule has 3 heterocycles. The fraction of sp³-hybridized carbons (Fsp3) is 0.151. The third-order valence-electron chi connectivity index (χ3n) is 18.5. The summed E-state index contributed by atoms with van der Waals surface area (Å²) in [5.74, 6) is -0.290. The SMILES string of the molecule is FC(F)(c1[c-]c(N2[CH-]N(c3c(-c4ccccc4)cccc3-c3ccccc3)c3ccccc32)ccc1)c1[c-]c2c(cc1)c1ccccc1n2-c1cc(C2(c3cccc4c3ccc3ccccc34)C3CC4CC(C3)CC2C4)ccn1.[Pt]. The molecule has 392 valence electrons. The zero-order valence-electron chi connectivity index (χ0n) is 43.7. The summed E-state index contributed by atoms with van der Waals surface area (Å²) in [5, 5.41) is 6.94. The van der Waals surface area contributed by atoms with Crippen LogP contribution in [0.25, 0.3) is 71.4 Å². The van der Waals surface area contributed by atoms with Gasteiger partial charge in [0.15, 0.2) is 0 Å². The fourth-order valence-electron chi connectivity index (χ4n) is 15.4. The number of nitrogens with zero attached hydrogens (tertiary/aromatic N) is 4. The molecule has 1 aliphatic heterocycles. The standard InChI is InChI=1S/C73H53F2N4.Pt/c74-73(75,53-21-13-22-57(43-53)77-46-78(68-31-12-11-30-67(68)77)71-59(49-16-3-1-4-17-49)25-14-26-60(71)50-18-5-2-6-19-50)54-33-35-64-63-24-9-10-29-66(63)79(69(64)44-54)70-45-52(36-37-76-70)72(55-39-47-38-48(41-55)42-56(72)40-47)65-28-15-27-61-58-23-8-7-20-51(58)32-34-62(61)65;/h1-37,45-48,55-56H,38-42H2;/q-3;. The van der Waals surface area contributed by atoms with Crippen LogP contribution in [0.2, 0.25) is 0 Å². The molecule has 80 heavy (non-hydrogen) atoms. The second-order valence-corrected chi connectivity index (χ2v) is 22.6. The number of rotatable bonds is 9. The molecule has 0 saturated heterocycles. The van der Waals surface area contributed by atoms with E-state index in [1.165, 1.54) is 70.8 Å². The largest absolute Gasteiger partial charge is 0.493 e. The summed E-state index contributed by atoms with van der Waals surface area (Å²) in [6.45, 7) is 2.01. The maximum Gasteiger partial charge on any atom is 0.254 e. The number of halogens is 2. The summed E-state index contributed by atoms with van der Waals surface area (Å²) >= 11 is 0. The Labute approximate surface area is 479 Å². The first kappa shape index (κ1) is 48.9. The molecular weight excluding hydrogens is 1170 g/mol.